The van der Waals surface area contributed by atoms with Gasteiger partial charge in [-0.15, -0.1) is 0 Å². The number of carbonyl (C=O) groups excluding carboxylic acids is 2. The number of hydrogen-bond donors (Lipinski definition) is 1. The third kappa shape index (κ3) is 2.45. The largest absolute Gasteiger partial charge is 0.426 e. The van der Waals surface area contributed by atoms with Gasteiger partial charge in [-0.05, 0) is 83.8 Å². The molecule has 0 aromatic heterocycles. The molecule has 0 spiro atoms. The molecule has 5 atom stereocenters. The molecule has 4 nitrogen and oxygen atoms in total. The Morgan fingerprint density at radius 2 is 1.87 bits per heavy atom. The Balaban J connectivity index is 1.58. The summed E-state index contributed by atoms with van der Waals surface area (Å²) in [6, 6.07) is 2.45. The van der Waals surface area contributed by atoms with Gasteiger partial charge in [0, 0.05) is 18.5 Å². The molecule has 5 unspecified atom stereocenters. The number of nitrogens with one attached hydrogen (secondary N) is 1. The summed E-state index contributed by atoms with van der Waals surface area (Å²) in [4.78, 5) is 23.9. The van der Waals surface area contributed by atoms with Crippen molar-refractivity contribution in [2.75, 3.05) is 0 Å². The molecule has 0 saturated heterocycles. The fourth-order valence-corrected chi connectivity index (χ4v) is 8.52. The summed E-state index contributed by atoms with van der Waals surface area (Å²) < 4.78 is 5.74. The third-order valence-corrected chi connectivity index (χ3v) is 9.64. The maximum atomic E-state index is 12.0. The van der Waals surface area contributed by atoms with E-state index in [0.29, 0.717) is 18.3 Å². The van der Waals surface area contributed by atoms with Crippen molar-refractivity contribution in [3.8, 4) is 5.75 Å². The average Bonchev–Trinajstić information content (AvgIpc) is 3.15. The zero-order valence-corrected chi connectivity index (χ0v) is 19.3. The van der Waals surface area contributed by atoms with Crippen molar-refractivity contribution >= 4 is 11.9 Å². The highest BCUT2D eigenvalue weighted by atomic mass is 16.5. The lowest BCUT2D eigenvalue weighted by molar-refractivity contribution is -0.132. The molecule has 1 aliphatic heterocycles. The van der Waals surface area contributed by atoms with Crippen LogP contribution in [0, 0.1) is 29.6 Å². The van der Waals surface area contributed by atoms with Crippen molar-refractivity contribution in [1.82, 2.24) is 5.32 Å². The highest BCUT2D eigenvalue weighted by Gasteiger charge is 2.63. The maximum absolute atomic E-state index is 12.0. The first-order valence-corrected chi connectivity index (χ1v) is 11.6. The lowest BCUT2D eigenvalue weighted by Crippen LogP contribution is -2.61. The zero-order valence-electron chi connectivity index (χ0n) is 19.3. The molecule has 2 saturated carbocycles. The Morgan fingerprint density at radius 1 is 1.13 bits per heavy atom. The summed E-state index contributed by atoms with van der Waals surface area (Å²) in [5.41, 5.74) is 5.60. The minimum atomic E-state index is -0.112. The quantitative estimate of drug-likeness (QED) is 0.544. The number of aryl methyl sites for hydroxylation is 1. The monoisotopic (exact) mass is 409 g/mol. The molecular formula is C26H35NO3. The Kier molecular flexibility index (Phi) is 4.09. The first-order valence-electron chi connectivity index (χ1n) is 11.6. The number of hydrogen-bond acceptors (Lipinski definition) is 3. The smallest absolute Gasteiger partial charge is 0.315 e. The summed E-state index contributed by atoms with van der Waals surface area (Å²) >= 11 is 0. The number of ether oxygens (including phenoxy) is 1. The van der Waals surface area contributed by atoms with Crippen LogP contribution in [0.15, 0.2) is 6.07 Å². The Bertz CT molecular complexity index is 964. The molecule has 30 heavy (non-hydrogen) atoms. The van der Waals surface area contributed by atoms with E-state index in [0.717, 1.165) is 37.0 Å². The fourth-order valence-electron chi connectivity index (χ4n) is 8.52. The molecule has 4 aliphatic rings. The molecule has 2 fully saturated rings. The third-order valence-electron chi connectivity index (χ3n) is 9.64. The van der Waals surface area contributed by atoms with E-state index >= 15 is 0 Å². The van der Waals surface area contributed by atoms with Gasteiger partial charge in [0.05, 0.1) is 6.42 Å². The standard InChI is InChI=1S/C26H35NO3/c1-14-11-16-12-21(29)30-23(16)17-13-19-25(5)10-8-20(27-15(2)28)24(3,4)18(25)7-9-26(19,6)22(14)17/h11,18-20H,7-10,12-13H2,1-6H3,(H,27,28). The number of carbonyl (C=O) groups is 2. The second kappa shape index (κ2) is 6.11. The van der Waals surface area contributed by atoms with Crippen molar-refractivity contribution < 1.29 is 14.3 Å². The van der Waals surface area contributed by atoms with Gasteiger partial charge in [0.25, 0.3) is 0 Å². The Morgan fingerprint density at radius 3 is 2.57 bits per heavy atom. The Hall–Kier alpha value is -1.84. The first kappa shape index (κ1) is 20.1. The minimum Gasteiger partial charge on any atom is -0.426 e. The van der Waals surface area contributed by atoms with E-state index in [2.05, 4.69) is 46.0 Å². The maximum Gasteiger partial charge on any atom is 0.315 e. The Labute approximate surface area is 180 Å². The van der Waals surface area contributed by atoms with Gasteiger partial charge in [0.15, 0.2) is 0 Å². The fraction of sp³-hybridized carbons (Fsp3) is 0.692. The zero-order chi connectivity index (χ0) is 21.6. The molecule has 5 rings (SSSR count). The van der Waals surface area contributed by atoms with Crippen LogP contribution >= 0.6 is 0 Å². The van der Waals surface area contributed by atoms with Crippen LogP contribution in [0.2, 0.25) is 0 Å². The van der Waals surface area contributed by atoms with E-state index in [-0.39, 0.29) is 34.2 Å². The van der Waals surface area contributed by atoms with Crippen molar-refractivity contribution in [2.24, 2.45) is 22.7 Å². The van der Waals surface area contributed by atoms with Gasteiger partial charge in [-0.3, -0.25) is 9.59 Å². The second-order valence-electron chi connectivity index (χ2n) is 11.6. The summed E-state index contributed by atoms with van der Waals surface area (Å²) in [7, 11) is 0. The van der Waals surface area contributed by atoms with Crippen LogP contribution in [0.25, 0.3) is 0 Å². The van der Waals surface area contributed by atoms with E-state index in [4.69, 9.17) is 4.74 Å². The predicted octanol–water partition coefficient (Wildman–Crippen LogP) is 4.63. The van der Waals surface area contributed by atoms with Gasteiger partial charge in [-0.25, -0.2) is 0 Å². The van der Waals surface area contributed by atoms with Crippen LogP contribution in [0.4, 0.5) is 0 Å². The first-order chi connectivity index (χ1) is 14.0. The number of fused-ring (bicyclic) bond motifs is 7. The number of esters is 1. The molecule has 3 aliphatic carbocycles. The van der Waals surface area contributed by atoms with Gasteiger partial charge < -0.3 is 10.1 Å². The molecule has 1 aromatic carbocycles. The average molecular weight is 410 g/mol. The molecule has 1 heterocycles. The molecule has 4 heteroatoms. The molecule has 162 valence electrons. The van der Waals surface area contributed by atoms with Crippen molar-refractivity contribution in [3.05, 3.63) is 28.3 Å². The van der Waals surface area contributed by atoms with Crippen molar-refractivity contribution in [1.29, 1.82) is 0 Å². The summed E-state index contributed by atoms with van der Waals surface area (Å²) in [5, 5.41) is 3.26. The number of rotatable bonds is 1. The van der Waals surface area contributed by atoms with Crippen LogP contribution in [0.1, 0.15) is 82.6 Å². The molecular weight excluding hydrogens is 374 g/mol. The summed E-state index contributed by atoms with van der Waals surface area (Å²) in [5.74, 6) is 1.96. The lowest BCUT2D eigenvalue weighted by atomic mass is 9.42. The predicted molar refractivity (Wildman–Crippen MR) is 117 cm³/mol. The molecule has 0 radical (unpaired) electrons. The van der Waals surface area contributed by atoms with Crippen LogP contribution in [-0.2, 0) is 27.8 Å². The summed E-state index contributed by atoms with van der Waals surface area (Å²) in [6.45, 7) is 13.6. The highest BCUT2D eigenvalue weighted by Crippen LogP contribution is 2.68. The van der Waals surface area contributed by atoms with Gasteiger partial charge in [-0.1, -0.05) is 33.8 Å². The van der Waals surface area contributed by atoms with E-state index < -0.39 is 0 Å². The molecule has 1 amide bonds. The highest BCUT2D eigenvalue weighted by molar-refractivity contribution is 5.83. The van der Waals surface area contributed by atoms with Gasteiger partial charge in [0.2, 0.25) is 5.91 Å². The van der Waals surface area contributed by atoms with E-state index in [1.165, 1.54) is 23.1 Å². The lowest BCUT2D eigenvalue weighted by Gasteiger charge is -2.63. The molecule has 1 aromatic rings. The molecule has 1 N–H and O–H groups in total. The van der Waals surface area contributed by atoms with E-state index in [1.54, 1.807) is 6.92 Å². The van der Waals surface area contributed by atoms with E-state index in [1.807, 2.05) is 0 Å². The van der Waals surface area contributed by atoms with Crippen LogP contribution in [-0.4, -0.2) is 17.9 Å². The second-order valence-corrected chi connectivity index (χ2v) is 11.6. The normalized spacial score (nSPS) is 38.2. The van der Waals surface area contributed by atoms with Crippen LogP contribution in [0.3, 0.4) is 0 Å². The number of benzene rings is 1. The van der Waals surface area contributed by atoms with Gasteiger partial charge in [0.1, 0.15) is 5.75 Å². The van der Waals surface area contributed by atoms with Crippen LogP contribution in [0.5, 0.6) is 5.75 Å². The van der Waals surface area contributed by atoms with Gasteiger partial charge in [-0.2, -0.15) is 0 Å². The van der Waals surface area contributed by atoms with Gasteiger partial charge >= 0.3 is 5.97 Å². The SMILES string of the molecule is CC(=O)NC1CCC2(C)C3Cc4c5c(cc(C)c4C3(C)CCC2C1(C)C)CC(=O)O5. The van der Waals surface area contributed by atoms with E-state index in [9.17, 15) is 9.59 Å². The number of amides is 1. The topological polar surface area (TPSA) is 55.4 Å². The van der Waals surface area contributed by atoms with Crippen molar-refractivity contribution in [3.63, 3.8) is 0 Å². The molecule has 0 bridgehead atoms. The summed E-state index contributed by atoms with van der Waals surface area (Å²) in [6.07, 6.45) is 5.94. The van der Waals surface area contributed by atoms with Crippen molar-refractivity contribution in [2.45, 2.75) is 91.5 Å². The minimum absolute atomic E-state index is 0.0677. The van der Waals surface area contributed by atoms with Crippen LogP contribution < -0.4 is 10.1 Å².